The van der Waals surface area contributed by atoms with Crippen molar-refractivity contribution in [3.8, 4) is 0 Å². The van der Waals surface area contributed by atoms with Crippen molar-refractivity contribution in [2.45, 2.75) is 31.6 Å². The number of nitrogens with one attached hydrogen (secondary N) is 1. The molecule has 1 aliphatic rings. The molecule has 1 heteroatoms. The smallest absolute Gasteiger partial charge is 0.00777 e. The third-order valence-corrected chi connectivity index (χ3v) is 3.41. The largest absolute Gasteiger partial charge is 0.316 e. The van der Waals surface area contributed by atoms with Crippen molar-refractivity contribution < 1.29 is 1.43 Å². The van der Waals surface area contributed by atoms with E-state index < -0.39 is 0 Å². The first-order chi connectivity index (χ1) is 6.87. The summed E-state index contributed by atoms with van der Waals surface area (Å²) < 4.78 is 0. The first kappa shape index (κ1) is 9.72. The lowest BCUT2D eigenvalue weighted by Crippen LogP contribution is -2.43. The Morgan fingerprint density at radius 1 is 1.29 bits per heavy atom. The molecule has 0 aliphatic heterocycles. The Morgan fingerprint density at radius 3 is 2.50 bits per heavy atom. The molecule has 0 unspecified atom stereocenters. The van der Waals surface area contributed by atoms with E-state index >= 15 is 0 Å². The fourth-order valence-corrected chi connectivity index (χ4v) is 2.33. The van der Waals surface area contributed by atoms with Crippen LogP contribution in [0.25, 0.3) is 0 Å². The molecule has 1 saturated carbocycles. The second-order valence-electron chi connectivity index (χ2n) is 4.28. The molecule has 2 rings (SSSR count). The van der Waals surface area contributed by atoms with Gasteiger partial charge in [-0.15, -0.1) is 0 Å². The third-order valence-electron chi connectivity index (χ3n) is 3.41. The minimum atomic E-state index is 0. The van der Waals surface area contributed by atoms with Crippen molar-refractivity contribution in [1.29, 1.82) is 0 Å². The molecule has 1 aliphatic carbocycles. The van der Waals surface area contributed by atoms with Gasteiger partial charge in [0.15, 0.2) is 0 Å². The van der Waals surface area contributed by atoms with Gasteiger partial charge in [-0.2, -0.15) is 0 Å². The second kappa shape index (κ2) is 4.14. The Hall–Kier alpha value is -0.820. The van der Waals surface area contributed by atoms with Crippen LogP contribution in [0.15, 0.2) is 30.3 Å². The van der Waals surface area contributed by atoms with Crippen LogP contribution >= 0.6 is 0 Å². The fraction of sp³-hybridized carbons (Fsp3) is 0.538. The molecule has 0 aromatic heterocycles. The average molecular weight is 191 g/mol. The minimum Gasteiger partial charge on any atom is -0.316 e. The van der Waals surface area contributed by atoms with E-state index in [0.717, 1.165) is 13.1 Å². The van der Waals surface area contributed by atoms with Crippen LogP contribution in [0.2, 0.25) is 0 Å². The topological polar surface area (TPSA) is 12.0 Å². The molecular weight excluding hydrogens is 170 g/mol. The molecule has 0 radical (unpaired) electrons. The van der Waals surface area contributed by atoms with Gasteiger partial charge in [-0.25, -0.2) is 0 Å². The van der Waals surface area contributed by atoms with Crippen molar-refractivity contribution in [1.82, 2.24) is 5.32 Å². The highest BCUT2D eigenvalue weighted by Gasteiger charge is 2.37. The van der Waals surface area contributed by atoms with Gasteiger partial charge in [0.2, 0.25) is 0 Å². The van der Waals surface area contributed by atoms with Gasteiger partial charge in [0, 0.05) is 13.4 Å². The lowest BCUT2D eigenvalue weighted by Gasteiger charge is -2.42. The Balaban J connectivity index is 0.00000112. The van der Waals surface area contributed by atoms with Gasteiger partial charge >= 0.3 is 0 Å². The van der Waals surface area contributed by atoms with E-state index in [-0.39, 0.29) is 1.43 Å². The summed E-state index contributed by atoms with van der Waals surface area (Å²) in [5.74, 6) is 0. The fourth-order valence-electron chi connectivity index (χ4n) is 2.33. The maximum atomic E-state index is 3.49. The molecule has 78 valence electrons. The van der Waals surface area contributed by atoms with Gasteiger partial charge < -0.3 is 5.32 Å². The zero-order valence-corrected chi connectivity index (χ0v) is 8.92. The lowest BCUT2D eigenvalue weighted by molar-refractivity contribution is 0.235. The van der Waals surface area contributed by atoms with E-state index in [9.17, 15) is 0 Å². The summed E-state index contributed by atoms with van der Waals surface area (Å²) in [5.41, 5.74) is 1.98. The Morgan fingerprint density at radius 2 is 2.00 bits per heavy atom. The van der Waals surface area contributed by atoms with Crippen LogP contribution in [-0.2, 0) is 5.41 Å². The second-order valence-corrected chi connectivity index (χ2v) is 4.28. The zero-order chi connectivity index (χ0) is 9.86. The molecule has 0 saturated heterocycles. The Labute approximate surface area is 88.0 Å². The summed E-state index contributed by atoms with van der Waals surface area (Å²) in [4.78, 5) is 0. The number of benzene rings is 1. The predicted molar refractivity (Wildman–Crippen MR) is 62.6 cm³/mol. The van der Waals surface area contributed by atoms with Crippen molar-refractivity contribution >= 4 is 0 Å². The van der Waals surface area contributed by atoms with E-state index in [0.29, 0.717) is 5.41 Å². The van der Waals surface area contributed by atoms with Crippen LogP contribution in [0.1, 0.15) is 33.2 Å². The SMILES string of the molecule is CCNCC1(c2ccccc2)CCC1.[HH]. The van der Waals surface area contributed by atoms with Gasteiger partial charge in [-0.05, 0) is 24.9 Å². The quantitative estimate of drug-likeness (QED) is 0.771. The first-order valence-electron chi connectivity index (χ1n) is 5.64. The third kappa shape index (κ3) is 1.69. The maximum Gasteiger partial charge on any atom is 0.00777 e. The normalized spacial score (nSPS) is 18.9. The molecule has 0 atom stereocenters. The van der Waals surface area contributed by atoms with Gasteiger partial charge in [0.05, 0.1) is 0 Å². The maximum absolute atomic E-state index is 3.49. The molecule has 1 N–H and O–H groups in total. The molecule has 1 aromatic rings. The molecule has 1 aromatic carbocycles. The average Bonchev–Trinajstić information content (AvgIpc) is 2.18. The van der Waals surface area contributed by atoms with Crippen LogP contribution in [0.3, 0.4) is 0 Å². The standard InChI is InChI=1S/C13H19N.H2/c1-2-14-11-13(9-6-10-13)12-7-4-3-5-8-12;/h3-5,7-8,14H,2,6,9-11H2,1H3;1H. The molecule has 1 fully saturated rings. The summed E-state index contributed by atoms with van der Waals surface area (Å²) in [6, 6.07) is 11.0. The van der Waals surface area contributed by atoms with Gasteiger partial charge in [-0.1, -0.05) is 43.7 Å². The predicted octanol–water partition coefficient (Wildman–Crippen LogP) is 2.96. The molecule has 0 spiro atoms. The summed E-state index contributed by atoms with van der Waals surface area (Å²) in [7, 11) is 0. The lowest BCUT2D eigenvalue weighted by atomic mass is 9.64. The minimum absolute atomic E-state index is 0. The summed E-state index contributed by atoms with van der Waals surface area (Å²) in [6.07, 6.45) is 4.09. The van der Waals surface area contributed by atoms with Crippen molar-refractivity contribution in [3.63, 3.8) is 0 Å². The first-order valence-corrected chi connectivity index (χ1v) is 5.64. The monoisotopic (exact) mass is 191 g/mol. The van der Waals surface area contributed by atoms with Crippen molar-refractivity contribution in [2.24, 2.45) is 0 Å². The van der Waals surface area contributed by atoms with E-state index in [2.05, 4.69) is 42.6 Å². The highest BCUT2D eigenvalue weighted by atomic mass is 14.9. The van der Waals surface area contributed by atoms with E-state index in [1.807, 2.05) is 0 Å². The summed E-state index contributed by atoms with van der Waals surface area (Å²) in [5, 5.41) is 3.49. The number of hydrogen-bond donors (Lipinski definition) is 1. The zero-order valence-electron chi connectivity index (χ0n) is 8.92. The number of hydrogen-bond acceptors (Lipinski definition) is 1. The molecular formula is C13H21N. The Kier molecular flexibility index (Phi) is 2.87. The van der Waals surface area contributed by atoms with E-state index in [1.54, 1.807) is 0 Å². The van der Waals surface area contributed by atoms with E-state index in [1.165, 1.54) is 24.8 Å². The number of rotatable bonds is 4. The van der Waals surface area contributed by atoms with Crippen LogP contribution in [0.5, 0.6) is 0 Å². The van der Waals surface area contributed by atoms with Crippen LogP contribution in [0, 0.1) is 0 Å². The molecule has 0 amide bonds. The van der Waals surface area contributed by atoms with Crippen LogP contribution in [-0.4, -0.2) is 13.1 Å². The van der Waals surface area contributed by atoms with Crippen LogP contribution in [0.4, 0.5) is 0 Å². The van der Waals surface area contributed by atoms with Gasteiger partial charge in [0.1, 0.15) is 0 Å². The molecule has 14 heavy (non-hydrogen) atoms. The van der Waals surface area contributed by atoms with Crippen molar-refractivity contribution in [2.75, 3.05) is 13.1 Å². The van der Waals surface area contributed by atoms with Crippen molar-refractivity contribution in [3.05, 3.63) is 35.9 Å². The Bertz CT molecular complexity index is 280. The highest BCUT2D eigenvalue weighted by Crippen LogP contribution is 2.42. The summed E-state index contributed by atoms with van der Waals surface area (Å²) in [6.45, 7) is 4.40. The highest BCUT2D eigenvalue weighted by molar-refractivity contribution is 5.28. The van der Waals surface area contributed by atoms with Gasteiger partial charge in [-0.3, -0.25) is 0 Å². The van der Waals surface area contributed by atoms with Gasteiger partial charge in [0.25, 0.3) is 0 Å². The number of likely N-dealkylation sites (N-methyl/N-ethyl adjacent to an activating group) is 1. The summed E-state index contributed by atoms with van der Waals surface area (Å²) >= 11 is 0. The molecule has 0 heterocycles. The molecule has 0 bridgehead atoms. The molecule has 1 nitrogen and oxygen atoms in total. The van der Waals surface area contributed by atoms with Crippen LogP contribution < -0.4 is 5.32 Å². The van der Waals surface area contributed by atoms with E-state index in [4.69, 9.17) is 0 Å².